The molecule has 0 spiro atoms. The summed E-state index contributed by atoms with van der Waals surface area (Å²) in [5, 5.41) is 23.8. The van der Waals surface area contributed by atoms with Gasteiger partial charge in [0.1, 0.15) is 12.6 Å². The lowest BCUT2D eigenvalue weighted by atomic mass is 9.79. The summed E-state index contributed by atoms with van der Waals surface area (Å²) in [5.41, 5.74) is 3.58. The molecular formula is C27H32N2O6. The number of aliphatic hydroxyl groups is 1. The summed E-state index contributed by atoms with van der Waals surface area (Å²) in [5.74, 6) is -1.82. The predicted octanol–water partition coefficient (Wildman–Crippen LogP) is 3.43. The van der Waals surface area contributed by atoms with E-state index >= 15 is 0 Å². The maximum atomic E-state index is 13.1. The van der Waals surface area contributed by atoms with Gasteiger partial charge >= 0.3 is 12.1 Å². The highest BCUT2D eigenvalue weighted by molar-refractivity contribution is 5.88. The monoisotopic (exact) mass is 480 g/mol. The molecule has 1 atom stereocenters. The Morgan fingerprint density at radius 2 is 1.51 bits per heavy atom. The third-order valence-electron chi connectivity index (χ3n) is 7.24. The Hall–Kier alpha value is -3.39. The number of carboxylic acids is 1. The molecule has 1 fully saturated rings. The number of ether oxygens (including phenoxy) is 1. The van der Waals surface area contributed by atoms with Crippen molar-refractivity contribution in [3.8, 4) is 11.1 Å². The van der Waals surface area contributed by atoms with E-state index in [4.69, 9.17) is 4.74 Å². The normalized spacial score (nSPS) is 17.4. The number of benzene rings is 2. The average molecular weight is 481 g/mol. The molecule has 0 unspecified atom stereocenters. The maximum absolute atomic E-state index is 13.1. The predicted molar refractivity (Wildman–Crippen MR) is 130 cm³/mol. The van der Waals surface area contributed by atoms with Crippen LogP contribution in [0.4, 0.5) is 4.79 Å². The van der Waals surface area contributed by atoms with E-state index in [2.05, 4.69) is 22.8 Å². The molecule has 2 aliphatic rings. The van der Waals surface area contributed by atoms with Crippen LogP contribution in [-0.4, -0.2) is 54.0 Å². The van der Waals surface area contributed by atoms with Gasteiger partial charge in [0.25, 0.3) is 0 Å². The molecule has 35 heavy (non-hydrogen) atoms. The summed E-state index contributed by atoms with van der Waals surface area (Å²) < 4.78 is 5.61. The van der Waals surface area contributed by atoms with Crippen LogP contribution in [0.3, 0.4) is 0 Å². The summed E-state index contributed by atoms with van der Waals surface area (Å²) in [7, 11) is 0. The van der Waals surface area contributed by atoms with Gasteiger partial charge in [0.05, 0.1) is 12.0 Å². The van der Waals surface area contributed by atoms with Crippen LogP contribution in [0.25, 0.3) is 11.1 Å². The second-order valence-corrected chi connectivity index (χ2v) is 9.42. The van der Waals surface area contributed by atoms with Gasteiger partial charge in [0, 0.05) is 12.5 Å². The number of carbonyl (C=O) groups is 3. The first kappa shape index (κ1) is 24.7. The third kappa shape index (κ3) is 5.32. The van der Waals surface area contributed by atoms with Crippen molar-refractivity contribution in [3.63, 3.8) is 0 Å². The molecule has 186 valence electrons. The molecule has 2 amide bonds. The summed E-state index contributed by atoms with van der Waals surface area (Å²) in [6, 6.07) is 14.8. The van der Waals surface area contributed by atoms with Gasteiger partial charge in [0.2, 0.25) is 5.91 Å². The van der Waals surface area contributed by atoms with Gasteiger partial charge in [-0.3, -0.25) is 4.79 Å². The number of hydrogen-bond acceptors (Lipinski definition) is 5. The summed E-state index contributed by atoms with van der Waals surface area (Å²) in [6.45, 7) is -0.477. The highest BCUT2D eigenvalue weighted by atomic mass is 16.5. The van der Waals surface area contributed by atoms with Crippen molar-refractivity contribution >= 4 is 18.0 Å². The Morgan fingerprint density at radius 1 is 0.943 bits per heavy atom. The second-order valence-electron chi connectivity index (χ2n) is 9.42. The van der Waals surface area contributed by atoms with Crippen molar-refractivity contribution in [1.82, 2.24) is 10.6 Å². The van der Waals surface area contributed by atoms with Crippen LogP contribution >= 0.6 is 0 Å². The fourth-order valence-electron chi connectivity index (χ4n) is 5.28. The molecule has 2 aromatic carbocycles. The fraction of sp³-hybridized carbons (Fsp3) is 0.444. The molecule has 4 N–H and O–H groups in total. The Bertz CT molecular complexity index is 1030. The number of carboxylic acid groups (broad SMARTS) is 1. The lowest BCUT2D eigenvalue weighted by molar-refractivity contribution is -0.145. The van der Waals surface area contributed by atoms with E-state index in [0.29, 0.717) is 12.8 Å². The number of aliphatic hydroxyl groups excluding tert-OH is 1. The molecule has 0 saturated heterocycles. The van der Waals surface area contributed by atoms with Crippen LogP contribution < -0.4 is 10.6 Å². The average Bonchev–Trinajstić information content (AvgIpc) is 3.00. The van der Waals surface area contributed by atoms with Gasteiger partial charge in [-0.15, -0.1) is 0 Å². The van der Waals surface area contributed by atoms with Crippen LogP contribution in [-0.2, 0) is 14.3 Å². The Kier molecular flexibility index (Phi) is 7.70. The molecule has 0 aliphatic heterocycles. The number of rotatable bonds is 8. The largest absolute Gasteiger partial charge is 0.480 e. The zero-order valence-electron chi connectivity index (χ0n) is 19.7. The molecule has 8 heteroatoms. The van der Waals surface area contributed by atoms with Gasteiger partial charge in [0.15, 0.2) is 0 Å². The molecule has 4 rings (SSSR count). The van der Waals surface area contributed by atoms with E-state index in [1.165, 1.54) is 0 Å². The molecule has 0 bridgehead atoms. The van der Waals surface area contributed by atoms with Crippen LogP contribution in [0.1, 0.15) is 55.6 Å². The van der Waals surface area contributed by atoms with E-state index in [0.717, 1.165) is 47.9 Å². The number of aliphatic carboxylic acids is 1. The van der Waals surface area contributed by atoms with E-state index in [9.17, 15) is 24.6 Å². The zero-order valence-corrected chi connectivity index (χ0v) is 19.7. The summed E-state index contributed by atoms with van der Waals surface area (Å²) >= 11 is 0. The van der Waals surface area contributed by atoms with Crippen molar-refractivity contribution in [2.75, 3.05) is 19.8 Å². The number of amides is 2. The topological polar surface area (TPSA) is 125 Å². The Balaban J connectivity index is 1.41. The van der Waals surface area contributed by atoms with Crippen LogP contribution in [0.2, 0.25) is 0 Å². The van der Waals surface area contributed by atoms with Crippen LogP contribution in [0.15, 0.2) is 48.5 Å². The van der Waals surface area contributed by atoms with Gasteiger partial charge in [-0.2, -0.15) is 0 Å². The Morgan fingerprint density at radius 3 is 2.06 bits per heavy atom. The van der Waals surface area contributed by atoms with E-state index in [1.807, 2.05) is 36.4 Å². The molecule has 1 saturated carbocycles. The summed E-state index contributed by atoms with van der Waals surface area (Å²) in [6.07, 6.45) is 4.00. The Labute approximate surface area is 204 Å². The minimum atomic E-state index is -1.38. The van der Waals surface area contributed by atoms with E-state index in [1.54, 1.807) is 0 Å². The van der Waals surface area contributed by atoms with Crippen molar-refractivity contribution < 1.29 is 29.3 Å². The lowest BCUT2D eigenvalue weighted by Gasteiger charge is -2.32. The number of carbonyl (C=O) groups excluding carboxylic acids is 2. The molecule has 2 aromatic rings. The van der Waals surface area contributed by atoms with Crippen LogP contribution in [0.5, 0.6) is 0 Å². The molecular weight excluding hydrogens is 448 g/mol. The number of alkyl carbamates (subject to hydrolysis) is 1. The van der Waals surface area contributed by atoms with Gasteiger partial charge in [-0.1, -0.05) is 74.2 Å². The second kappa shape index (κ2) is 10.9. The third-order valence-corrected chi connectivity index (χ3v) is 7.24. The smallest absolute Gasteiger partial charge is 0.407 e. The first-order chi connectivity index (χ1) is 16.9. The maximum Gasteiger partial charge on any atom is 0.407 e. The van der Waals surface area contributed by atoms with Crippen LogP contribution in [0, 0.1) is 5.41 Å². The lowest BCUT2D eigenvalue weighted by Crippen LogP contribution is -2.53. The molecule has 0 radical (unpaired) electrons. The van der Waals surface area contributed by atoms with Crippen molar-refractivity contribution in [1.29, 1.82) is 0 Å². The van der Waals surface area contributed by atoms with Gasteiger partial charge in [-0.25, -0.2) is 9.59 Å². The number of fused-ring (bicyclic) bond motifs is 3. The number of hydrogen-bond donors (Lipinski definition) is 4. The quantitative estimate of drug-likeness (QED) is 0.429. The molecule has 0 aromatic heterocycles. The first-order valence-electron chi connectivity index (χ1n) is 12.2. The molecule has 0 heterocycles. The minimum absolute atomic E-state index is 0.0489. The molecule has 8 nitrogen and oxygen atoms in total. The van der Waals surface area contributed by atoms with E-state index in [-0.39, 0.29) is 19.1 Å². The van der Waals surface area contributed by atoms with Gasteiger partial charge < -0.3 is 25.6 Å². The minimum Gasteiger partial charge on any atom is -0.480 e. The van der Waals surface area contributed by atoms with Gasteiger partial charge in [-0.05, 0) is 35.1 Å². The van der Waals surface area contributed by atoms with E-state index < -0.39 is 36.0 Å². The summed E-state index contributed by atoms with van der Waals surface area (Å²) in [4.78, 5) is 37.1. The standard InChI is InChI=1S/C27H32N2O6/c30-15-23(24(31)32)29-25(33)27(13-7-1-2-8-14-27)17-28-26(34)35-16-22-20-11-5-3-9-18(20)19-10-4-6-12-21(19)22/h3-6,9-12,22-23,30H,1-2,7-8,13-17H2,(H,28,34)(H,29,33)(H,31,32)/t23-/m1/s1. The number of nitrogens with one attached hydrogen (secondary N) is 2. The highest BCUT2D eigenvalue weighted by Gasteiger charge is 2.40. The van der Waals surface area contributed by atoms with Crippen molar-refractivity contribution in [2.45, 2.75) is 50.5 Å². The zero-order chi connectivity index (χ0) is 24.8. The fourth-order valence-corrected chi connectivity index (χ4v) is 5.28. The van der Waals surface area contributed by atoms with Crippen molar-refractivity contribution in [2.24, 2.45) is 5.41 Å². The SMILES string of the molecule is O=C(NCC1(C(=O)N[C@H](CO)C(=O)O)CCCCCC1)OCC1c2ccccc2-c2ccccc21. The first-order valence-corrected chi connectivity index (χ1v) is 12.2. The molecule has 2 aliphatic carbocycles. The highest BCUT2D eigenvalue weighted by Crippen LogP contribution is 2.44. The van der Waals surface area contributed by atoms with Crippen molar-refractivity contribution in [3.05, 3.63) is 59.7 Å².